The zero-order valence-corrected chi connectivity index (χ0v) is 12.5. The number of hydrogen-bond donors (Lipinski definition) is 3. The maximum Gasteiger partial charge on any atom is 0.321 e. The molecular weight excluding hydrogens is 294 g/mol. The summed E-state index contributed by atoms with van der Waals surface area (Å²) in [7, 11) is -3.94. The molecule has 0 aliphatic rings. The van der Waals surface area contributed by atoms with Gasteiger partial charge in [0.2, 0.25) is 10.0 Å². The van der Waals surface area contributed by atoms with E-state index in [2.05, 4.69) is 14.7 Å². The van der Waals surface area contributed by atoms with E-state index in [-0.39, 0.29) is 17.2 Å². The molecule has 0 fully saturated rings. The SMILES string of the molecule is CC(C)C[C@@H](NS(=O)(=O)c1c[nH]c2ncccc12)C(=O)O. The van der Waals surface area contributed by atoms with Gasteiger partial charge in [0.25, 0.3) is 0 Å². The molecule has 8 heteroatoms. The molecule has 0 unspecified atom stereocenters. The molecule has 2 rings (SSSR count). The van der Waals surface area contributed by atoms with Crippen LogP contribution in [0.3, 0.4) is 0 Å². The van der Waals surface area contributed by atoms with E-state index in [9.17, 15) is 13.2 Å². The number of aromatic amines is 1. The Morgan fingerprint density at radius 3 is 2.81 bits per heavy atom. The van der Waals surface area contributed by atoms with Crippen molar-refractivity contribution in [1.82, 2.24) is 14.7 Å². The van der Waals surface area contributed by atoms with Crippen LogP contribution < -0.4 is 4.72 Å². The number of carboxylic acid groups (broad SMARTS) is 1. The number of sulfonamides is 1. The van der Waals surface area contributed by atoms with Crippen molar-refractivity contribution in [2.45, 2.75) is 31.2 Å². The Morgan fingerprint density at radius 2 is 2.19 bits per heavy atom. The molecule has 2 aromatic heterocycles. The van der Waals surface area contributed by atoms with Crippen molar-refractivity contribution in [3.8, 4) is 0 Å². The van der Waals surface area contributed by atoms with Crippen LogP contribution in [-0.4, -0.2) is 35.5 Å². The van der Waals surface area contributed by atoms with Crippen molar-refractivity contribution >= 4 is 27.0 Å². The summed E-state index contributed by atoms with van der Waals surface area (Å²) in [6, 6.07) is 2.08. The monoisotopic (exact) mass is 311 g/mol. The molecular formula is C13H17N3O4S. The Morgan fingerprint density at radius 1 is 1.48 bits per heavy atom. The Labute approximate surface area is 122 Å². The van der Waals surface area contributed by atoms with E-state index < -0.39 is 22.0 Å². The number of fused-ring (bicyclic) bond motifs is 1. The topological polar surface area (TPSA) is 112 Å². The molecule has 0 aliphatic carbocycles. The van der Waals surface area contributed by atoms with E-state index in [0.717, 1.165) is 0 Å². The van der Waals surface area contributed by atoms with Gasteiger partial charge in [0.1, 0.15) is 16.6 Å². The van der Waals surface area contributed by atoms with Gasteiger partial charge < -0.3 is 10.1 Å². The lowest BCUT2D eigenvalue weighted by Crippen LogP contribution is -2.41. The molecule has 0 spiro atoms. The van der Waals surface area contributed by atoms with Gasteiger partial charge in [-0.2, -0.15) is 4.72 Å². The van der Waals surface area contributed by atoms with Crippen LogP contribution in [0.25, 0.3) is 11.0 Å². The summed E-state index contributed by atoms with van der Waals surface area (Å²) in [5.74, 6) is -1.14. The van der Waals surface area contributed by atoms with Gasteiger partial charge in [-0.05, 0) is 24.5 Å². The van der Waals surface area contributed by atoms with Crippen LogP contribution in [0.15, 0.2) is 29.4 Å². The number of aromatic nitrogens is 2. The zero-order valence-electron chi connectivity index (χ0n) is 11.7. The molecule has 0 bridgehead atoms. The van der Waals surface area contributed by atoms with Gasteiger partial charge in [0.05, 0.1) is 0 Å². The molecule has 0 radical (unpaired) electrons. The molecule has 0 saturated carbocycles. The Kier molecular flexibility index (Phi) is 4.29. The van der Waals surface area contributed by atoms with Crippen LogP contribution in [0, 0.1) is 5.92 Å². The molecule has 2 aromatic rings. The van der Waals surface area contributed by atoms with Crippen molar-refractivity contribution in [3.05, 3.63) is 24.5 Å². The average molecular weight is 311 g/mol. The van der Waals surface area contributed by atoms with Crippen molar-refractivity contribution in [1.29, 1.82) is 0 Å². The number of hydrogen-bond acceptors (Lipinski definition) is 4. The van der Waals surface area contributed by atoms with Crippen molar-refractivity contribution < 1.29 is 18.3 Å². The first-order valence-corrected chi connectivity index (χ1v) is 7.97. The number of H-pyrrole nitrogens is 1. The number of nitrogens with zero attached hydrogens (tertiary/aromatic N) is 1. The van der Waals surface area contributed by atoms with Gasteiger partial charge in [0, 0.05) is 17.8 Å². The smallest absolute Gasteiger partial charge is 0.321 e. The molecule has 0 aromatic carbocycles. The van der Waals surface area contributed by atoms with E-state index in [0.29, 0.717) is 11.0 Å². The number of carbonyl (C=O) groups is 1. The first-order chi connectivity index (χ1) is 9.81. The van der Waals surface area contributed by atoms with Crippen LogP contribution in [0.4, 0.5) is 0 Å². The molecule has 21 heavy (non-hydrogen) atoms. The van der Waals surface area contributed by atoms with Crippen LogP contribution in [0.2, 0.25) is 0 Å². The van der Waals surface area contributed by atoms with E-state index in [1.54, 1.807) is 18.3 Å². The standard InChI is InChI=1S/C13H17N3O4S/c1-8(2)6-10(13(17)18)16-21(19,20)11-7-15-12-9(11)4-3-5-14-12/h3-5,7-8,10,16H,6H2,1-2H3,(H,14,15)(H,17,18)/t10-/m1/s1. The second-order valence-electron chi connectivity index (χ2n) is 5.19. The molecule has 7 nitrogen and oxygen atoms in total. The highest BCUT2D eigenvalue weighted by molar-refractivity contribution is 7.89. The van der Waals surface area contributed by atoms with Crippen LogP contribution in [0.1, 0.15) is 20.3 Å². The normalized spacial score (nSPS) is 13.7. The zero-order chi connectivity index (χ0) is 15.6. The lowest BCUT2D eigenvalue weighted by atomic mass is 10.1. The minimum absolute atomic E-state index is 0.000561. The first kappa shape index (κ1) is 15.5. The molecule has 1 atom stereocenters. The molecule has 0 amide bonds. The number of aliphatic carboxylic acids is 1. The third kappa shape index (κ3) is 3.40. The maximum atomic E-state index is 12.4. The fraction of sp³-hybridized carbons (Fsp3) is 0.385. The average Bonchev–Trinajstić information content (AvgIpc) is 2.81. The van der Waals surface area contributed by atoms with Crippen molar-refractivity contribution in [2.75, 3.05) is 0 Å². The molecule has 2 heterocycles. The maximum absolute atomic E-state index is 12.4. The predicted molar refractivity (Wildman–Crippen MR) is 77.3 cm³/mol. The number of rotatable bonds is 6. The predicted octanol–water partition coefficient (Wildman–Crippen LogP) is 1.34. The van der Waals surface area contributed by atoms with E-state index in [1.807, 2.05) is 13.8 Å². The summed E-state index contributed by atoms with van der Waals surface area (Å²) in [4.78, 5) is 18.0. The number of nitrogens with one attached hydrogen (secondary N) is 2. The highest BCUT2D eigenvalue weighted by atomic mass is 32.2. The molecule has 0 saturated heterocycles. The third-order valence-corrected chi connectivity index (χ3v) is 4.52. The summed E-state index contributed by atoms with van der Waals surface area (Å²) in [6.07, 6.45) is 3.07. The first-order valence-electron chi connectivity index (χ1n) is 6.48. The van der Waals surface area contributed by atoms with Crippen LogP contribution in [-0.2, 0) is 14.8 Å². The fourth-order valence-electron chi connectivity index (χ4n) is 2.07. The minimum atomic E-state index is -3.94. The Balaban J connectivity index is 2.35. The second kappa shape index (κ2) is 5.82. The third-order valence-electron chi connectivity index (χ3n) is 3.01. The summed E-state index contributed by atoms with van der Waals surface area (Å²) in [5.41, 5.74) is 0.439. The van der Waals surface area contributed by atoms with Crippen molar-refractivity contribution in [2.24, 2.45) is 5.92 Å². The van der Waals surface area contributed by atoms with E-state index >= 15 is 0 Å². The summed E-state index contributed by atoms with van der Waals surface area (Å²) < 4.78 is 27.0. The van der Waals surface area contributed by atoms with Crippen LogP contribution >= 0.6 is 0 Å². The molecule has 114 valence electrons. The Hall–Kier alpha value is -1.93. The highest BCUT2D eigenvalue weighted by Crippen LogP contribution is 2.21. The second-order valence-corrected chi connectivity index (χ2v) is 6.88. The van der Waals surface area contributed by atoms with E-state index in [4.69, 9.17) is 5.11 Å². The van der Waals surface area contributed by atoms with Gasteiger partial charge in [-0.15, -0.1) is 0 Å². The van der Waals surface area contributed by atoms with Crippen LogP contribution in [0.5, 0.6) is 0 Å². The summed E-state index contributed by atoms with van der Waals surface area (Å²) >= 11 is 0. The highest BCUT2D eigenvalue weighted by Gasteiger charge is 2.27. The minimum Gasteiger partial charge on any atom is -0.480 e. The fourth-order valence-corrected chi connectivity index (χ4v) is 3.44. The lowest BCUT2D eigenvalue weighted by Gasteiger charge is -2.16. The van der Waals surface area contributed by atoms with Gasteiger partial charge in [-0.25, -0.2) is 13.4 Å². The lowest BCUT2D eigenvalue weighted by molar-refractivity contribution is -0.139. The van der Waals surface area contributed by atoms with Gasteiger partial charge >= 0.3 is 5.97 Å². The van der Waals surface area contributed by atoms with Crippen molar-refractivity contribution in [3.63, 3.8) is 0 Å². The van der Waals surface area contributed by atoms with Gasteiger partial charge in [-0.3, -0.25) is 4.79 Å². The van der Waals surface area contributed by atoms with Gasteiger partial charge in [-0.1, -0.05) is 13.8 Å². The van der Waals surface area contributed by atoms with E-state index in [1.165, 1.54) is 6.20 Å². The molecule has 3 N–H and O–H groups in total. The number of pyridine rings is 1. The van der Waals surface area contributed by atoms with Gasteiger partial charge in [0.15, 0.2) is 0 Å². The molecule has 0 aliphatic heterocycles. The largest absolute Gasteiger partial charge is 0.480 e. The number of carboxylic acids is 1. The quantitative estimate of drug-likeness (QED) is 0.745. The Bertz CT molecular complexity index is 752. The summed E-state index contributed by atoms with van der Waals surface area (Å²) in [5, 5.41) is 9.58. The summed E-state index contributed by atoms with van der Waals surface area (Å²) in [6.45, 7) is 3.67.